The lowest BCUT2D eigenvalue weighted by Gasteiger charge is -2.07. The smallest absolute Gasteiger partial charge is 0.191 e. The van der Waals surface area contributed by atoms with E-state index in [-0.39, 0.29) is 0 Å². The van der Waals surface area contributed by atoms with E-state index >= 15 is 0 Å². The average Bonchev–Trinajstić information content (AvgIpc) is 2.81. The summed E-state index contributed by atoms with van der Waals surface area (Å²) in [7, 11) is 0. The van der Waals surface area contributed by atoms with Gasteiger partial charge in [0.15, 0.2) is 5.16 Å². The summed E-state index contributed by atoms with van der Waals surface area (Å²) in [6.07, 6.45) is 5.60. The van der Waals surface area contributed by atoms with Gasteiger partial charge in [0.1, 0.15) is 11.6 Å². The number of aromatic nitrogens is 4. The normalized spacial score (nSPS) is 10.4. The molecule has 0 spiro atoms. The van der Waals surface area contributed by atoms with E-state index in [0.29, 0.717) is 11.0 Å². The van der Waals surface area contributed by atoms with Crippen molar-refractivity contribution in [2.24, 2.45) is 0 Å². The summed E-state index contributed by atoms with van der Waals surface area (Å²) in [6, 6.07) is 3.62. The molecule has 0 aliphatic rings. The molecule has 0 bridgehead atoms. The van der Waals surface area contributed by atoms with E-state index in [0.717, 1.165) is 18.9 Å². The molecule has 0 atom stereocenters. The van der Waals surface area contributed by atoms with E-state index in [1.807, 2.05) is 23.2 Å². The first-order valence-electron chi connectivity index (χ1n) is 5.18. The molecule has 6 nitrogen and oxygen atoms in total. The van der Waals surface area contributed by atoms with Gasteiger partial charge in [0.2, 0.25) is 0 Å². The Morgan fingerprint density at radius 2 is 2.35 bits per heavy atom. The van der Waals surface area contributed by atoms with Gasteiger partial charge >= 0.3 is 0 Å². The fraction of sp³-hybridized carbons (Fsp3) is 0.300. The first kappa shape index (κ1) is 11.7. The summed E-state index contributed by atoms with van der Waals surface area (Å²) >= 11 is 1.47. The van der Waals surface area contributed by atoms with Gasteiger partial charge in [-0.25, -0.2) is 9.97 Å². The predicted octanol–water partition coefficient (Wildman–Crippen LogP) is 1.09. The molecule has 0 aliphatic carbocycles. The molecule has 0 aliphatic heterocycles. The van der Waals surface area contributed by atoms with Crippen molar-refractivity contribution < 1.29 is 0 Å². The number of hydrogen-bond donors (Lipinski definition) is 2. The van der Waals surface area contributed by atoms with Crippen LogP contribution in [-0.4, -0.2) is 32.5 Å². The van der Waals surface area contributed by atoms with Gasteiger partial charge < -0.3 is 11.1 Å². The summed E-state index contributed by atoms with van der Waals surface area (Å²) in [5, 5.41) is 7.98. The van der Waals surface area contributed by atoms with Gasteiger partial charge in [0.05, 0.1) is 6.54 Å². The maximum absolute atomic E-state index is 5.68. The highest BCUT2D eigenvalue weighted by Crippen LogP contribution is 2.14. The second-order valence-corrected chi connectivity index (χ2v) is 4.13. The monoisotopic (exact) mass is 250 g/mol. The fourth-order valence-electron chi connectivity index (χ4n) is 1.36. The number of nitrogens with one attached hydrogen (secondary N) is 1. The molecule has 90 valence electrons. The molecular weight excluding hydrogens is 236 g/mol. The average molecular weight is 250 g/mol. The van der Waals surface area contributed by atoms with Gasteiger partial charge in [-0.05, 0) is 12.3 Å². The first-order chi connectivity index (χ1) is 8.28. The third kappa shape index (κ3) is 3.35. The number of rotatable bonds is 5. The van der Waals surface area contributed by atoms with E-state index in [4.69, 9.17) is 5.73 Å². The Balaban J connectivity index is 1.92. The molecule has 0 saturated heterocycles. The van der Waals surface area contributed by atoms with Gasteiger partial charge in [0, 0.05) is 25.0 Å². The standard InChI is InChI=1S/C10H14N6S/c1-17-10-14-8(11)7-9(15-10)12-4-6-16-5-2-3-13-16/h2-3,5,7H,4,6H2,1H3,(H3,11,12,14,15). The minimum absolute atomic E-state index is 0.478. The summed E-state index contributed by atoms with van der Waals surface area (Å²) in [5.41, 5.74) is 5.68. The summed E-state index contributed by atoms with van der Waals surface area (Å²) in [6.45, 7) is 1.53. The summed E-state index contributed by atoms with van der Waals surface area (Å²) in [5.74, 6) is 1.22. The van der Waals surface area contributed by atoms with Gasteiger partial charge in [-0.3, -0.25) is 4.68 Å². The molecule has 0 amide bonds. The topological polar surface area (TPSA) is 81.6 Å². The van der Waals surface area contributed by atoms with Gasteiger partial charge in [-0.2, -0.15) is 5.10 Å². The quantitative estimate of drug-likeness (QED) is 0.610. The maximum atomic E-state index is 5.68. The Labute approximate surface area is 104 Å². The number of nitrogen functional groups attached to an aromatic ring is 1. The molecule has 0 aromatic carbocycles. The van der Waals surface area contributed by atoms with E-state index in [1.165, 1.54) is 11.8 Å². The Morgan fingerprint density at radius 1 is 1.47 bits per heavy atom. The summed E-state index contributed by atoms with van der Waals surface area (Å²) < 4.78 is 1.85. The highest BCUT2D eigenvalue weighted by Gasteiger charge is 2.01. The molecule has 2 aromatic heterocycles. The van der Waals surface area contributed by atoms with Crippen molar-refractivity contribution >= 4 is 23.4 Å². The molecule has 0 saturated carbocycles. The zero-order valence-electron chi connectivity index (χ0n) is 9.50. The van der Waals surface area contributed by atoms with Crippen LogP contribution in [0.3, 0.4) is 0 Å². The lowest BCUT2D eigenvalue weighted by molar-refractivity contribution is 0.636. The van der Waals surface area contributed by atoms with Crippen LogP contribution in [0.4, 0.5) is 11.6 Å². The lowest BCUT2D eigenvalue weighted by atomic mass is 10.5. The van der Waals surface area contributed by atoms with Crippen LogP contribution < -0.4 is 11.1 Å². The minimum atomic E-state index is 0.478. The van der Waals surface area contributed by atoms with E-state index in [2.05, 4.69) is 20.4 Å². The van der Waals surface area contributed by atoms with E-state index in [1.54, 1.807) is 12.3 Å². The van der Waals surface area contributed by atoms with Crippen LogP contribution >= 0.6 is 11.8 Å². The first-order valence-corrected chi connectivity index (χ1v) is 6.40. The fourth-order valence-corrected chi connectivity index (χ4v) is 1.74. The minimum Gasteiger partial charge on any atom is -0.383 e. The zero-order valence-corrected chi connectivity index (χ0v) is 10.3. The molecule has 0 unspecified atom stereocenters. The molecule has 2 rings (SSSR count). The van der Waals surface area contributed by atoms with Crippen LogP contribution in [0.15, 0.2) is 29.7 Å². The van der Waals surface area contributed by atoms with Crippen molar-refractivity contribution in [3.63, 3.8) is 0 Å². The van der Waals surface area contributed by atoms with Crippen LogP contribution in [0.1, 0.15) is 0 Å². The largest absolute Gasteiger partial charge is 0.383 e. The number of thioether (sulfide) groups is 1. The number of anilines is 2. The van der Waals surface area contributed by atoms with Crippen molar-refractivity contribution in [1.29, 1.82) is 0 Å². The van der Waals surface area contributed by atoms with Crippen LogP contribution in [-0.2, 0) is 6.54 Å². The van der Waals surface area contributed by atoms with Gasteiger partial charge in [0.25, 0.3) is 0 Å². The van der Waals surface area contributed by atoms with Gasteiger partial charge in [-0.1, -0.05) is 11.8 Å². The number of nitrogens with two attached hydrogens (primary N) is 1. The van der Waals surface area contributed by atoms with Crippen molar-refractivity contribution in [2.75, 3.05) is 23.9 Å². The van der Waals surface area contributed by atoms with Crippen molar-refractivity contribution in [1.82, 2.24) is 19.7 Å². The van der Waals surface area contributed by atoms with Crippen molar-refractivity contribution in [3.8, 4) is 0 Å². The number of nitrogens with zero attached hydrogens (tertiary/aromatic N) is 4. The highest BCUT2D eigenvalue weighted by atomic mass is 32.2. The molecule has 7 heteroatoms. The molecule has 17 heavy (non-hydrogen) atoms. The van der Waals surface area contributed by atoms with E-state index < -0.39 is 0 Å². The van der Waals surface area contributed by atoms with Crippen LogP contribution in [0, 0.1) is 0 Å². The van der Waals surface area contributed by atoms with Crippen molar-refractivity contribution in [2.45, 2.75) is 11.7 Å². The third-order valence-corrected chi connectivity index (χ3v) is 2.66. The Bertz CT molecular complexity index is 470. The van der Waals surface area contributed by atoms with Crippen molar-refractivity contribution in [3.05, 3.63) is 24.5 Å². The van der Waals surface area contributed by atoms with Gasteiger partial charge in [-0.15, -0.1) is 0 Å². The lowest BCUT2D eigenvalue weighted by Crippen LogP contribution is -2.12. The predicted molar refractivity (Wildman–Crippen MR) is 68.9 cm³/mol. The second-order valence-electron chi connectivity index (χ2n) is 3.36. The molecule has 0 radical (unpaired) electrons. The maximum Gasteiger partial charge on any atom is 0.191 e. The molecule has 0 fully saturated rings. The number of hydrogen-bond acceptors (Lipinski definition) is 6. The molecular formula is C10H14N6S. The van der Waals surface area contributed by atoms with Crippen LogP contribution in [0.25, 0.3) is 0 Å². The zero-order chi connectivity index (χ0) is 12.1. The third-order valence-electron chi connectivity index (χ3n) is 2.11. The highest BCUT2D eigenvalue weighted by molar-refractivity contribution is 7.98. The Kier molecular flexibility index (Phi) is 3.81. The summed E-state index contributed by atoms with van der Waals surface area (Å²) in [4.78, 5) is 8.38. The van der Waals surface area contributed by atoms with E-state index in [9.17, 15) is 0 Å². The Morgan fingerprint density at radius 3 is 3.06 bits per heavy atom. The SMILES string of the molecule is CSc1nc(N)cc(NCCn2cccn2)n1. The van der Waals surface area contributed by atoms with Crippen LogP contribution in [0.5, 0.6) is 0 Å². The molecule has 2 heterocycles. The van der Waals surface area contributed by atoms with Crippen LogP contribution in [0.2, 0.25) is 0 Å². The Hall–Kier alpha value is -1.76. The molecule has 3 N–H and O–H groups in total. The second kappa shape index (κ2) is 5.53. The molecule has 2 aromatic rings.